The lowest BCUT2D eigenvalue weighted by atomic mass is 9.99. The molecule has 0 saturated heterocycles. The van der Waals surface area contributed by atoms with Crippen molar-refractivity contribution in [2.24, 2.45) is 0 Å². The number of aromatic nitrogens is 1. The van der Waals surface area contributed by atoms with Crippen molar-refractivity contribution in [1.82, 2.24) is 4.98 Å². The molecular formula is C28H23ClN2O4. The third-order valence-corrected chi connectivity index (χ3v) is 5.87. The molecular weight excluding hydrogens is 464 g/mol. The van der Waals surface area contributed by atoms with E-state index in [-0.39, 0.29) is 6.42 Å². The number of carbonyl (C=O) groups excluding carboxylic acids is 1. The van der Waals surface area contributed by atoms with E-state index in [1.165, 1.54) is 0 Å². The molecule has 4 aromatic rings. The Hall–Kier alpha value is -4.16. The van der Waals surface area contributed by atoms with Crippen molar-refractivity contribution in [3.8, 4) is 22.3 Å². The number of aliphatic carboxylic acids is 1. The number of ether oxygens (including phenoxy) is 1. The van der Waals surface area contributed by atoms with Gasteiger partial charge in [0, 0.05) is 28.5 Å². The predicted octanol–water partition coefficient (Wildman–Crippen LogP) is 7.01. The Morgan fingerprint density at radius 1 is 0.943 bits per heavy atom. The van der Waals surface area contributed by atoms with Crippen LogP contribution in [0.2, 0.25) is 5.02 Å². The molecule has 0 saturated carbocycles. The molecule has 1 unspecified atom stereocenters. The minimum Gasteiger partial charge on any atom is -0.481 e. The summed E-state index contributed by atoms with van der Waals surface area (Å²) in [6.07, 6.45) is 2.17. The molecule has 1 amide bonds. The number of hydrogen-bond acceptors (Lipinski definition) is 4. The maximum absolute atomic E-state index is 12.6. The molecule has 0 aliphatic heterocycles. The molecule has 0 spiro atoms. The second-order valence-corrected chi connectivity index (χ2v) is 8.37. The largest absolute Gasteiger partial charge is 0.481 e. The second-order valence-electron chi connectivity index (χ2n) is 7.96. The van der Waals surface area contributed by atoms with Crippen molar-refractivity contribution in [3.05, 3.63) is 107 Å². The first-order valence-electron chi connectivity index (χ1n) is 11.0. The number of rotatable bonds is 7. The smallest absolute Gasteiger partial charge is 0.412 e. The van der Waals surface area contributed by atoms with E-state index in [1.807, 2.05) is 66.7 Å². The van der Waals surface area contributed by atoms with Gasteiger partial charge in [-0.25, -0.2) is 4.79 Å². The highest BCUT2D eigenvalue weighted by atomic mass is 35.5. The van der Waals surface area contributed by atoms with Crippen LogP contribution in [0.1, 0.15) is 24.2 Å². The average Bonchev–Trinajstić information content (AvgIpc) is 2.85. The molecule has 0 fully saturated rings. The maximum Gasteiger partial charge on any atom is 0.412 e. The van der Waals surface area contributed by atoms with Crippen LogP contribution in [0.15, 0.2) is 91.3 Å². The van der Waals surface area contributed by atoms with Gasteiger partial charge in [0.2, 0.25) is 0 Å². The topological polar surface area (TPSA) is 88.5 Å². The van der Waals surface area contributed by atoms with E-state index in [9.17, 15) is 9.59 Å². The number of pyridine rings is 1. The van der Waals surface area contributed by atoms with E-state index in [4.69, 9.17) is 21.4 Å². The molecule has 6 nitrogen and oxygen atoms in total. The number of carbonyl (C=O) groups is 2. The van der Waals surface area contributed by atoms with Crippen molar-refractivity contribution in [2.45, 2.75) is 19.4 Å². The van der Waals surface area contributed by atoms with E-state index < -0.39 is 18.2 Å². The van der Waals surface area contributed by atoms with E-state index in [0.29, 0.717) is 10.7 Å². The maximum atomic E-state index is 12.6. The van der Waals surface area contributed by atoms with Gasteiger partial charge in [-0.2, -0.15) is 0 Å². The summed E-state index contributed by atoms with van der Waals surface area (Å²) in [5.74, 6) is -0.856. The molecule has 1 atom stereocenters. The van der Waals surface area contributed by atoms with Gasteiger partial charge < -0.3 is 9.84 Å². The van der Waals surface area contributed by atoms with Crippen LogP contribution >= 0.6 is 11.6 Å². The van der Waals surface area contributed by atoms with Gasteiger partial charge in [0.05, 0.1) is 12.1 Å². The monoisotopic (exact) mass is 486 g/mol. The minimum absolute atomic E-state index is 0.00436. The van der Waals surface area contributed by atoms with E-state index in [0.717, 1.165) is 33.4 Å². The third-order valence-electron chi connectivity index (χ3n) is 5.52. The first-order valence-corrected chi connectivity index (χ1v) is 11.4. The standard InChI is InChI=1S/C28H23ClN2O4/c1-18(23-4-2-3-5-25(23)29)35-28(34)31-26-14-15-30-17-24(26)22-12-10-21(11-13-22)20-8-6-19(7-9-20)16-27(32)33/h2-15,17-18H,16H2,1H3,(H,32,33)(H,30,31,34). The Morgan fingerprint density at radius 3 is 2.23 bits per heavy atom. The summed E-state index contributed by atoms with van der Waals surface area (Å²) in [5.41, 5.74) is 5.64. The number of amides is 1. The molecule has 2 N–H and O–H groups in total. The van der Waals surface area contributed by atoms with Crippen molar-refractivity contribution in [3.63, 3.8) is 0 Å². The van der Waals surface area contributed by atoms with Gasteiger partial charge in [-0.15, -0.1) is 0 Å². The number of hydrogen-bond donors (Lipinski definition) is 2. The van der Waals surface area contributed by atoms with Crippen LogP contribution in [0, 0.1) is 0 Å². The Kier molecular flexibility index (Phi) is 7.43. The molecule has 176 valence electrons. The van der Waals surface area contributed by atoms with E-state index >= 15 is 0 Å². The lowest BCUT2D eigenvalue weighted by molar-refractivity contribution is -0.136. The molecule has 35 heavy (non-hydrogen) atoms. The Labute approximate surface area is 208 Å². The predicted molar refractivity (Wildman–Crippen MR) is 136 cm³/mol. The Morgan fingerprint density at radius 2 is 1.57 bits per heavy atom. The number of halogens is 1. The number of nitrogens with one attached hydrogen (secondary N) is 1. The van der Waals surface area contributed by atoms with Gasteiger partial charge >= 0.3 is 12.1 Å². The highest BCUT2D eigenvalue weighted by molar-refractivity contribution is 6.31. The van der Waals surface area contributed by atoms with Crippen LogP contribution in [0.25, 0.3) is 22.3 Å². The fourth-order valence-corrected chi connectivity index (χ4v) is 4.02. The highest BCUT2D eigenvalue weighted by Gasteiger charge is 2.16. The van der Waals surface area contributed by atoms with Crippen molar-refractivity contribution in [2.75, 3.05) is 5.32 Å². The molecule has 7 heteroatoms. The van der Waals surface area contributed by atoms with Crippen LogP contribution in [0.3, 0.4) is 0 Å². The molecule has 3 aromatic carbocycles. The zero-order chi connectivity index (χ0) is 24.8. The van der Waals surface area contributed by atoms with E-state index in [2.05, 4.69) is 10.3 Å². The quantitative estimate of drug-likeness (QED) is 0.293. The van der Waals surface area contributed by atoms with Gasteiger partial charge in [-0.3, -0.25) is 15.1 Å². The Bertz CT molecular complexity index is 1340. The third kappa shape index (κ3) is 6.05. The lowest BCUT2D eigenvalue weighted by Gasteiger charge is -2.16. The summed E-state index contributed by atoms with van der Waals surface area (Å²) < 4.78 is 5.53. The summed E-state index contributed by atoms with van der Waals surface area (Å²) in [5, 5.41) is 12.3. The van der Waals surface area contributed by atoms with Crippen LogP contribution in [0.4, 0.5) is 10.5 Å². The molecule has 0 aliphatic carbocycles. The number of carboxylic acids is 1. The summed E-state index contributed by atoms with van der Waals surface area (Å²) in [4.78, 5) is 27.7. The first kappa shape index (κ1) is 24.0. The Balaban J connectivity index is 1.48. The lowest BCUT2D eigenvalue weighted by Crippen LogP contribution is -2.16. The number of benzene rings is 3. The summed E-state index contributed by atoms with van der Waals surface area (Å²) >= 11 is 6.21. The van der Waals surface area contributed by atoms with Crippen LogP contribution in [0.5, 0.6) is 0 Å². The summed E-state index contributed by atoms with van der Waals surface area (Å²) in [6, 6.07) is 24.2. The highest BCUT2D eigenvalue weighted by Crippen LogP contribution is 2.31. The molecule has 0 aliphatic rings. The van der Waals surface area contributed by atoms with Gasteiger partial charge in [0.1, 0.15) is 6.10 Å². The number of carboxylic acid groups (broad SMARTS) is 1. The second kappa shape index (κ2) is 10.8. The molecule has 1 aromatic heterocycles. The fraction of sp³-hybridized carbons (Fsp3) is 0.107. The average molecular weight is 487 g/mol. The molecule has 0 bridgehead atoms. The van der Waals surface area contributed by atoms with Crippen LogP contribution in [-0.2, 0) is 16.0 Å². The van der Waals surface area contributed by atoms with Gasteiger partial charge in [-0.05, 0) is 41.3 Å². The van der Waals surface area contributed by atoms with Crippen LogP contribution < -0.4 is 5.32 Å². The fourth-order valence-electron chi connectivity index (χ4n) is 3.73. The zero-order valence-electron chi connectivity index (χ0n) is 18.9. The molecule has 4 rings (SSSR count). The van der Waals surface area contributed by atoms with Gasteiger partial charge in [0.25, 0.3) is 0 Å². The zero-order valence-corrected chi connectivity index (χ0v) is 19.7. The van der Waals surface area contributed by atoms with Gasteiger partial charge in [0.15, 0.2) is 0 Å². The SMILES string of the molecule is CC(OC(=O)Nc1ccncc1-c1ccc(-c2ccc(CC(=O)O)cc2)cc1)c1ccccc1Cl. The summed E-state index contributed by atoms with van der Waals surface area (Å²) in [6.45, 7) is 1.77. The van der Waals surface area contributed by atoms with Gasteiger partial charge in [-0.1, -0.05) is 78.3 Å². The minimum atomic E-state index is -0.856. The van der Waals surface area contributed by atoms with Crippen molar-refractivity contribution < 1.29 is 19.4 Å². The number of anilines is 1. The van der Waals surface area contributed by atoms with Crippen molar-refractivity contribution >= 4 is 29.4 Å². The summed E-state index contributed by atoms with van der Waals surface area (Å²) in [7, 11) is 0. The number of nitrogens with zero attached hydrogens (tertiary/aromatic N) is 1. The van der Waals surface area contributed by atoms with E-state index in [1.54, 1.807) is 31.5 Å². The van der Waals surface area contributed by atoms with Crippen LogP contribution in [-0.4, -0.2) is 22.2 Å². The van der Waals surface area contributed by atoms with Crippen molar-refractivity contribution in [1.29, 1.82) is 0 Å². The molecule has 0 radical (unpaired) electrons. The molecule has 1 heterocycles. The first-order chi connectivity index (χ1) is 16.9. The normalized spacial score (nSPS) is 11.5.